The van der Waals surface area contributed by atoms with E-state index in [-0.39, 0.29) is 12.5 Å². The normalized spacial score (nSPS) is 10.6. The number of carbonyl (C=O) groups is 1. The SMILES string of the molecule is COc1ccc(C=NNC(=O)COc2cc(C)ccc2C)cc1OC. The standard InChI is InChI=1S/C19H22N2O4/c1-13-5-6-14(2)17(9-13)25-12-19(22)21-20-11-15-7-8-16(23-3)18(10-15)24-4/h5-11H,12H2,1-4H3,(H,21,22). The lowest BCUT2D eigenvalue weighted by atomic mass is 10.1. The Kier molecular flexibility index (Phi) is 6.39. The van der Waals surface area contributed by atoms with Gasteiger partial charge in [-0.2, -0.15) is 5.10 Å². The summed E-state index contributed by atoms with van der Waals surface area (Å²) in [4.78, 5) is 11.8. The van der Waals surface area contributed by atoms with Crippen LogP contribution in [0.2, 0.25) is 0 Å². The van der Waals surface area contributed by atoms with Crippen molar-refractivity contribution < 1.29 is 19.0 Å². The van der Waals surface area contributed by atoms with Gasteiger partial charge in [0.05, 0.1) is 20.4 Å². The zero-order valence-electron chi connectivity index (χ0n) is 14.8. The molecular weight excluding hydrogens is 320 g/mol. The van der Waals surface area contributed by atoms with E-state index >= 15 is 0 Å². The fourth-order valence-electron chi connectivity index (χ4n) is 2.15. The quantitative estimate of drug-likeness (QED) is 0.620. The van der Waals surface area contributed by atoms with Crippen molar-refractivity contribution in [3.63, 3.8) is 0 Å². The lowest BCUT2D eigenvalue weighted by Crippen LogP contribution is -2.24. The van der Waals surface area contributed by atoms with Crippen molar-refractivity contribution in [2.24, 2.45) is 5.10 Å². The van der Waals surface area contributed by atoms with Crippen LogP contribution in [0.4, 0.5) is 0 Å². The molecule has 0 radical (unpaired) electrons. The molecule has 6 heteroatoms. The van der Waals surface area contributed by atoms with Crippen LogP contribution in [0.25, 0.3) is 0 Å². The number of benzene rings is 2. The zero-order valence-corrected chi connectivity index (χ0v) is 14.8. The van der Waals surface area contributed by atoms with E-state index in [2.05, 4.69) is 10.5 Å². The molecule has 25 heavy (non-hydrogen) atoms. The second kappa shape index (κ2) is 8.73. The Bertz CT molecular complexity index is 772. The minimum Gasteiger partial charge on any atom is -0.493 e. The molecule has 0 aliphatic carbocycles. The van der Waals surface area contributed by atoms with Crippen molar-refractivity contribution in [1.82, 2.24) is 5.43 Å². The molecule has 2 rings (SSSR count). The van der Waals surface area contributed by atoms with Crippen LogP contribution in [-0.2, 0) is 4.79 Å². The Balaban J connectivity index is 1.89. The highest BCUT2D eigenvalue weighted by Gasteiger charge is 2.05. The van der Waals surface area contributed by atoms with E-state index in [0.29, 0.717) is 17.2 Å². The predicted molar refractivity (Wildman–Crippen MR) is 96.7 cm³/mol. The maximum absolute atomic E-state index is 11.8. The number of hydrogen-bond acceptors (Lipinski definition) is 5. The predicted octanol–water partition coefficient (Wildman–Crippen LogP) is 2.85. The highest BCUT2D eigenvalue weighted by Crippen LogP contribution is 2.26. The van der Waals surface area contributed by atoms with Crippen molar-refractivity contribution in [1.29, 1.82) is 0 Å². The van der Waals surface area contributed by atoms with Crippen LogP contribution in [0.5, 0.6) is 17.2 Å². The maximum atomic E-state index is 11.8. The van der Waals surface area contributed by atoms with Crippen molar-refractivity contribution in [3.8, 4) is 17.2 Å². The van der Waals surface area contributed by atoms with E-state index in [9.17, 15) is 4.79 Å². The molecule has 0 spiro atoms. The first-order valence-electron chi connectivity index (χ1n) is 7.77. The Morgan fingerprint density at radius 3 is 2.52 bits per heavy atom. The summed E-state index contributed by atoms with van der Waals surface area (Å²) in [5, 5.41) is 3.92. The number of nitrogens with zero attached hydrogens (tertiary/aromatic N) is 1. The summed E-state index contributed by atoms with van der Waals surface area (Å²) in [6, 6.07) is 11.2. The van der Waals surface area contributed by atoms with Crippen LogP contribution in [0, 0.1) is 13.8 Å². The summed E-state index contributed by atoms with van der Waals surface area (Å²) in [5.74, 6) is 1.58. The molecule has 0 atom stereocenters. The van der Waals surface area contributed by atoms with Crippen molar-refractivity contribution in [3.05, 3.63) is 53.1 Å². The molecule has 6 nitrogen and oxygen atoms in total. The molecule has 0 aliphatic heterocycles. The first-order chi connectivity index (χ1) is 12.0. The van der Waals surface area contributed by atoms with E-state index in [1.165, 1.54) is 6.21 Å². The molecule has 1 N–H and O–H groups in total. The van der Waals surface area contributed by atoms with Gasteiger partial charge in [-0.05, 0) is 54.8 Å². The fourth-order valence-corrected chi connectivity index (χ4v) is 2.15. The molecule has 0 unspecified atom stereocenters. The van der Waals surface area contributed by atoms with E-state index in [1.807, 2.05) is 38.1 Å². The second-order valence-corrected chi connectivity index (χ2v) is 5.47. The molecule has 0 saturated heterocycles. The van der Waals surface area contributed by atoms with Crippen molar-refractivity contribution in [2.45, 2.75) is 13.8 Å². The minimum atomic E-state index is -0.336. The number of amides is 1. The Morgan fingerprint density at radius 1 is 1.04 bits per heavy atom. The first-order valence-corrected chi connectivity index (χ1v) is 7.77. The van der Waals surface area contributed by atoms with Crippen LogP contribution in [0.1, 0.15) is 16.7 Å². The zero-order chi connectivity index (χ0) is 18.2. The molecule has 0 bridgehead atoms. The second-order valence-electron chi connectivity index (χ2n) is 5.47. The highest BCUT2D eigenvalue weighted by atomic mass is 16.5. The Hall–Kier alpha value is -3.02. The summed E-state index contributed by atoms with van der Waals surface area (Å²) < 4.78 is 15.9. The monoisotopic (exact) mass is 342 g/mol. The summed E-state index contributed by atoms with van der Waals surface area (Å²) >= 11 is 0. The average molecular weight is 342 g/mol. The number of carbonyl (C=O) groups excluding carboxylic acids is 1. The number of rotatable bonds is 7. The van der Waals surface area contributed by atoms with Crippen molar-refractivity contribution >= 4 is 12.1 Å². The van der Waals surface area contributed by atoms with E-state index < -0.39 is 0 Å². The third kappa shape index (κ3) is 5.24. The van der Waals surface area contributed by atoms with Gasteiger partial charge in [0.1, 0.15) is 5.75 Å². The maximum Gasteiger partial charge on any atom is 0.277 e. The largest absolute Gasteiger partial charge is 0.493 e. The summed E-state index contributed by atoms with van der Waals surface area (Å²) in [6.45, 7) is 3.80. The Labute approximate surface area is 147 Å². The van der Waals surface area contributed by atoms with Gasteiger partial charge >= 0.3 is 0 Å². The van der Waals surface area contributed by atoms with Gasteiger partial charge in [0.25, 0.3) is 5.91 Å². The number of aryl methyl sites for hydroxylation is 2. The smallest absolute Gasteiger partial charge is 0.277 e. The van der Waals surface area contributed by atoms with Crippen LogP contribution in [-0.4, -0.2) is 32.9 Å². The fraction of sp³-hybridized carbons (Fsp3) is 0.263. The third-order valence-corrected chi connectivity index (χ3v) is 3.51. The molecule has 2 aromatic rings. The number of hydrazone groups is 1. The molecule has 0 aliphatic rings. The van der Waals surface area contributed by atoms with Crippen LogP contribution in [0.15, 0.2) is 41.5 Å². The lowest BCUT2D eigenvalue weighted by molar-refractivity contribution is -0.123. The molecule has 0 fully saturated rings. The van der Waals surface area contributed by atoms with Gasteiger partial charge in [-0.25, -0.2) is 5.43 Å². The lowest BCUT2D eigenvalue weighted by Gasteiger charge is -2.09. The van der Waals surface area contributed by atoms with Gasteiger partial charge in [-0.1, -0.05) is 12.1 Å². The van der Waals surface area contributed by atoms with Crippen LogP contribution >= 0.6 is 0 Å². The Morgan fingerprint density at radius 2 is 1.80 bits per heavy atom. The van der Waals surface area contributed by atoms with Gasteiger partial charge in [0, 0.05) is 0 Å². The number of methoxy groups -OCH3 is 2. The highest BCUT2D eigenvalue weighted by molar-refractivity contribution is 5.83. The molecule has 2 aromatic carbocycles. The number of nitrogens with one attached hydrogen (secondary N) is 1. The van der Waals surface area contributed by atoms with Gasteiger partial charge in [0.15, 0.2) is 18.1 Å². The van der Waals surface area contributed by atoms with Crippen molar-refractivity contribution in [2.75, 3.05) is 20.8 Å². The van der Waals surface area contributed by atoms with Crippen LogP contribution < -0.4 is 19.6 Å². The van der Waals surface area contributed by atoms with Gasteiger partial charge in [-0.3, -0.25) is 4.79 Å². The molecule has 0 saturated carbocycles. The average Bonchev–Trinajstić information content (AvgIpc) is 2.62. The summed E-state index contributed by atoms with van der Waals surface area (Å²) in [5.41, 5.74) is 5.26. The van der Waals surface area contributed by atoms with E-state index in [4.69, 9.17) is 14.2 Å². The molecule has 1 amide bonds. The topological polar surface area (TPSA) is 69.2 Å². The van der Waals surface area contributed by atoms with Crippen LogP contribution in [0.3, 0.4) is 0 Å². The number of ether oxygens (including phenoxy) is 3. The van der Waals surface area contributed by atoms with E-state index in [0.717, 1.165) is 16.7 Å². The third-order valence-electron chi connectivity index (χ3n) is 3.51. The molecule has 0 aromatic heterocycles. The van der Waals surface area contributed by atoms with E-state index in [1.54, 1.807) is 26.4 Å². The first kappa shape index (κ1) is 18.3. The molecule has 132 valence electrons. The summed E-state index contributed by atoms with van der Waals surface area (Å²) in [6.07, 6.45) is 1.53. The number of hydrogen-bond donors (Lipinski definition) is 1. The molecule has 0 heterocycles. The molecular formula is C19H22N2O4. The van der Waals surface area contributed by atoms with Gasteiger partial charge in [0.2, 0.25) is 0 Å². The summed E-state index contributed by atoms with van der Waals surface area (Å²) in [7, 11) is 3.13. The van der Waals surface area contributed by atoms with Gasteiger partial charge < -0.3 is 14.2 Å². The minimum absolute atomic E-state index is 0.104. The van der Waals surface area contributed by atoms with Gasteiger partial charge in [-0.15, -0.1) is 0 Å².